The summed E-state index contributed by atoms with van der Waals surface area (Å²) in [5.41, 5.74) is 1.12. The van der Waals surface area contributed by atoms with Crippen LogP contribution in [0.2, 0.25) is 0 Å². The molecule has 0 spiro atoms. The number of hydrogen-bond acceptors (Lipinski definition) is 5. The molecular weight excluding hydrogens is 280 g/mol. The van der Waals surface area contributed by atoms with E-state index in [0.29, 0.717) is 6.54 Å². The van der Waals surface area contributed by atoms with Gasteiger partial charge in [0, 0.05) is 51.3 Å². The lowest BCUT2D eigenvalue weighted by atomic mass is 9.84. The highest BCUT2D eigenvalue weighted by Gasteiger charge is 2.47. The van der Waals surface area contributed by atoms with Gasteiger partial charge in [-0.2, -0.15) is 0 Å². The van der Waals surface area contributed by atoms with Crippen molar-refractivity contribution in [3.05, 3.63) is 42.1 Å². The molecule has 1 saturated carbocycles. The Kier molecular flexibility index (Phi) is 4.24. The van der Waals surface area contributed by atoms with Crippen LogP contribution in [0.4, 0.5) is 0 Å². The van der Waals surface area contributed by atoms with Crippen LogP contribution >= 0.6 is 0 Å². The van der Waals surface area contributed by atoms with Gasteiger partial charge in [0.2, 0.25) is 0 Å². The molecule has 22 heavy (non-hydrogen) atoms. The molecule has 2 aromatic rings. The maximum absolute atomic E-state index is 5.53. The molecule has 0 aliphatic heterocycles. The summed E-state index contributed by atoms with van der Waals surface area (Å²) >= 11 is 0. The van der Waals surface area contributed by atoms with Crippen LogP contribution in [0.25, 0.3) is 5.82 Å². The minimum absolute atomic E-state index is 0.194. The van der Waals surface area contributed by atoms with Gasteiger partial charge in [-0.15, -0.1) is 0 Å². The molecule has 6 heteroatoms. The van der Waals surface area contributed by atoms with Gasteiger partial charge >= 0.3 is 0 Å². The second kappa shape index (κ2) is 6.16. The fourth-order valence-electron chi connectivity index (χ4n) is 2.97. The normalized spacial score (nSPS) is 19.9. The molecule has 2 aromatic heterocycles. The Bertz CT molecular complexity index is 631. The number of imidazole rings is 1. The van der Waals surface area contributed by atoms with Gasteiger partial charge < -0.3 is 14.8 Å². The van der Waals surface area contributed by atoms with Gasteiger partial charge in [-0.1, -0.05) is 6.07 Å². The second-order valence-electron chi connectivity index (χ2n) is 5.52. The van der Waals surface area contributed by atoms with Crippen molar-refractivity contribution in [1.82, 2.24) is 19.9 Å². The van der Waals surface area contributed by atoms with Gasteiger partial charge in [0.25, 0.3) is 0 Å². The number of ether oxygens (including phenoxy) is 2. The summed E-state index contributed by atoms with van der Waals surface area (Å²) in [6.45, 7) is 2.68. The minimum atomic E-state index is -0.493. The molecule has 0 saturated heterocycles. The number of pyridine rings is 1. The third kappa shape index (κ3) is 2.54. The van der Waals surface area contributed by atoms with Crippen molar-refractivity contribution < 1.29 is 9.47 Å². The maximum atomic E-state index is 5.53. The molecule has 1 aliphatic carbocycles. The van der Waals surface area contributed by atoms with Crippen molar-refractivity contribution in [2.75, 3.05) is 14.2 Å². The van der Waals surface area contributed by atoms with E-state index in [1.54, 1.807) is 26.6 Å². The number of nitrogens with one attached hydrogen (secondary N) is 1. The first kappa shape index (κ1) is 15.1. The summed E-state index contributed by atoms with van der Waals surface area (Å²) in [6.07, 6.45) is 7.48. The zero-order valence-electron chi connectivity index (χ0n) is 13.2. The second-order valence-corrected chi connectivity index (χ2v) is 5.52. The monoisotopic (exact) mass is 302 g/mol. The van der Waals surface area contributed by atoms with Gasteiger partial charge in [-0.25, -0.2) is 9.97 Å². The average molecular weight is 302 g/mol. The number of rotatable bonds is 6. The van der Waals surface area contributed by atoms with Crippen LogP contribution in [0, 0.1) is 6.92 Å². The summed E-state index contributed by atoms with van der Waals surface area (Å²) in [5, 5.41) is 3.53. The summed E-state index contributed by atoms with van der Waals surface area (Å²) in [4.78, 5) is 8.77. The highest BCUT2D eigenvalue weighted by Crippen LogP contribution is 2.36. The van der Waals surface area contributed by atoms with Crippen molar-refractivity contribution in [3.63, 3.8) is 0 Å². The van der Waals surface area contributed by atoms with E-state index in [2.05, 4.69) is 21.4 Å². The van der Waals surface area contributed by atoms with Gasteiger partial charge in [-0.3, -0.25) is 4.57 Å². The molecule has 6 nitrogen and oxygen atoms in total. The van der Waals surface area contributed by atoms with Crippen molar-refractivity contribution in [3.8, 4) is 5.82 Å². The first-order valence-corrected chi connectivity index (χ1v) is 7.48. The zero-order valence-corrected chi connectivity index (χ0v) is 13.2. The number of methoxy groups -OCH3 is 2. The van der Waals surface area contributed by atoms with E-state index in [-0.39, 0.29) is 6.04 Å². The van der Waals surface area contributed by atoms with Crippen molar-refractivity contribution in [2.45, 2.75) is 38.1 Å². The lowest BCUT2D eigenvalue weighted by Gasteiger charge is -2.47. The number of aromatic nitrogens is 3. The Morgan fingerprint density at radius 2 is 2.14 bits per heavy atom. The molecular formula is C16H22N4O2. The van der Waals surface area contributed by atoms with E-state index in [4.69, 9.17) is 9.47 Å². The van der Waals surface area contributed by atoms with Crippen LogP contribution in [0.3, 0.4) is 0 Å². The van der Waals surface area contributed by atoms with Crippen molar-refractivity contribution >= 4 is 0 Å². The Labute approximate surface area is 130 Å². The van der Waals surface area contributed by atoms with Crippen molar-refractivity contribution in [1.29, 1.82) is 0 Å². The molecule has 1 N–H and O–H groups in total. The standard InChI is InChI=1S/C16H22N4O2/c1-12-17-9-10-20(12)15-13(5-4-8-18-15)11-19-14-6-7-16(14,21-2)22-3/h4-5,8-10,14,19H,6-7,11H2,1-3H3. The predicted octanol–water partition coefficient (Wildman–Crippen LogP) is 1.82. The Morgan fingerprint density at radius 3 is 2.73 bits per heavy atom. The Balaban J connectivity index is 1.76. The van der Waals surface area contributed by atoms with Crippen LogP contribution < -0.4 is 5.32 Å². The van der Waals surface area contributed by atoms with E-state index in [0.717, 1.165) is 30.0 Å². The van der Waals surface area contributed by atoms with Gasteiger partial charge in [0.05, 0.1) is 6.04 Å². The molecule has 3 rings (SSSR count). The number of hydrogen-bond donors (Lipinski definition) is 1. The van der Waals surface area contributed by atoms with Crippen LogP contribution in [0.15, 0.2) is 30.7 Å². The largest absolute Gasteiger partial charge is 0.352 e. The SMILES string of the molecule is COC1(OC)CCC1NCc1cccnc1-n1ccnc1C. The Morgan fingerprint density at radius 1 is 1.32 bits per heavy atom. The van der Waals surface area contributed by atoms with Gasteiger partial charge in [-0.05, 0) is 19.4 Å². The molecule has 1 aliphatic rings. The average Bonchev–Trinajstić information content (AvgIpc) is 2.94. The number of aryl methyl sites for hydroxylation is 1. The summed E-state index contributed by atoms with van der Waals surface area (Å²) in [6, 6.07) is 4.22. The van der Waals surface area contributed by atoms with E-state index >= 15 is 0 Å². The quantitative estimate of drug-likeness (QED) is 0.825. The lowest BCUT2D eigenvalue weighted by Crippen LogP contribution is -2.61. The molecule has 1 atom stereocenters. The molecule has 118 valence electrons. The molecule has 0 bridgehead atoms. The predicted molar refractivity (Wildman–Crippen MR) is 82.7 cm³/mol. The first-order chi connectivity index (χ1) is 10.7. The molecule has 0 amide bonds. The molecule has 2 heterocycles. The third-order valence-electron chi connectivity index (χ3n) is 4.46. The lowest BCUT2D eigenvalue weighted by molar-refractivity contribution is -0.268. The zero-order chi connectivity index (χ0) is 15.6. The highest BCUT2D eigenvalue weighted by molar-refractivity contribution is 5.34. The van der Waals surface area contributed by atoms with E-state index in [9.17, 15) is 0 Å². The van der Waals surface area contributed by atoms with E-state index < -0.39 is 5.79 Å². The van der Waals surface area contributed by atoms with E-state index in [1.165, 1.54) is 0 Å². The fourth-order valence-corrected chi connectivity index (χ4v) is 2.97. The molecule has 0 aromatic carbocycles. The smallest absolute Gasteiger partial charge is 0.183 e. The highest BCUT2D eigenvalue weighted by atomic mass is 16.7. The van der Waals surface area contributed by atoms with Crippen LogP contribution in [-0.4, -0.2) is 40.6 Å². The van der Waals surface area contributed by atoms with Crippen LogP contribution in [0.5, 0.6) is 0 Å². The fraction of sp³-hybridized carbons (Fsp3) is 0.500. The van der Waals surface area contributed by atoms with Crippen LogP contribution in [0.1, 0.15) is 24.2 Å². The Hall–Kier alpha value is -1.76. The summed E-state index contributed by atoms with van der Waals surface area (Å²) in [7, 11) is 3.39. The minimum Gasteiger partial charge on any atom is -0.352 e. The third-order valence-corrected chi connectivity index (χ3v) is 4.46. The summed E-state index contributed by atoms with van der Waals surface area (Å²) in [5.74, 6) is 1.34. The topological polar surface area (TPSA) is 61.2 Å². The summed E-state index contributed by atoms with van der Waals surface area (Å²) < 4.78 is 13.1. The van der Waals surface area contributed by atoms with Crippen molar-refractivity contribution in [2.24, 2.45) is 0 Å². The first-order valence-electron chi connectivity index (χ1n) is 7.48. The molecule has 1 unspecified atom stereocenters. The molecule has 1 fully saturated rings. The van der Waals surface area contributed by atoms with E-state index in [1.807, 2.05) is 23.8 Å². The van der Waals surface area contributed by atoms with Gasteiger partial charge in [0.15, 0.2) is 5.79 Å². The maximum Gasteiger partial charge on any atom is 0.183 e. The molecule has 0 radical (unpaired) electrons. The van der Waals surface area contributed by atoms with Gasteiger partial charge in [0.1, 0.15) is 11.6 Å². The number of nitrogens with zero attached hydrogens (tertiary/aromatic N) is 3. The van der Waals surface area contributed by atoms with Crippen LogP contribution in [-0.2, 0) is 16.0 Å².